The second-order valence-corrected chi connectivity index (χ2v) is 19.7. The number of aromatic nitrogens is 1. The summed E-state index contributed by atoms with van der Waals surface area (Å²) in [6, 6.07) is 105. The molecule has 1 aliphatic rings. The number of anilines is 3. The van der Waals surface area contributed by atoms with Crippen LogP contribution in [0.25, 0.3) is 93.9 Å². The van der Waals surface area contributed by atoms with Crippen molar-refractivity contribution in [3.63, 3.8) is 0 Å². The summed E-state index contributed by atoms with van der Waals surface area (Å²) >= 11 is 0. The van der Waals surface area contributed by atoms with Crippen molar-refractivity contribution in [2.75, 3.05) is 4.90 Å². The van der Waals surface area contributed by atoms with Gasteiger partial charge in [-0.15, -0.1) is 0 Å². The first-order chi connectivity index (χ1) is 36.6. The Morgan fingerprint density at radius 1 is 0.338 bits per heavy atom. The van der Waals surface area contributed by atoms with Crippen LogP contribution in [-0.2, 0) is 5.41 Å². The topological polar surface area (TPSA) is 8.17 Å². The van der Waals surface area contributed by atoms with E-state index in [4.69, 9.17) is 0 Å². The molecule has 1 aliphatic carbocycles. The zero-order valence-corrected chi connectivity index (χ0v) is 41.0. The van der Waals surface area contributed by atoms with Gasteiger partial charge >= 0.3 is 0 Å². The second-order valence-electron chi connectivity index (χ2n) is 19.7. The van der Waals surface area contributed by atoms with Crippen molar-refractivity contribution in [3.8, 4) is 61.3 Å². The maximum absolute atomic E-state index is 2.50. The summed E-state index contributed by atoms with van der Waals surface area (Å²) < 4.78 is 2.45. The van der Waals surface area contributed by atoms with Crippen molar-refractivity contribution in [1.29, 1.82) is 0 Å². The van der Waals surface area contributed by atoms with Gasteiger partial charge in [0.25, 0.3) is 0 Å². The number of rotatable bonds is 9. The molecule has 0 N–H and O–H groups in total. The molecule has 2 nitrogen and oxygen atoms in total. The van der Waals surface area contributed by atoms with Gasteiger partial charge in [-0.25, -0.2) is 0 Å². The number of fused-ring (bicyclic) bond motifs is 7. The highest BCUT2D eigenvalue weighted by Crippen LogP contribution is 2.54. The van der Waals surface area contributed by atoms with Gasteiger partial charge in [0.15, 0.2) is 0 Å². The van der Waals surface area contributed by atoms with E-state index >= 15 is 0 Å². The maximum Gasteiger partial charge on any atom is 0.0620 e. The molecule has 0 saturated carbocycles. The molecule has 74 heavy (non-hydrogen) atoms. The highest BCUT2D eigenvalue weighted by atomic mass is 15.1. The average Bonchev–Trinajstić information content (AvgIpc) is 3.96. The summed E-state index contributed by atoms with van der Waals surface area (Å²) in [5.41, 5.74) is 22.5. The van der Waals surface area contributed by atoms with E-state index in [-0.39, 0.29) is 5.41 Å². The first-order valence-corrected chi connectivity index (χ1v) is 25.7. The highest BCUT2D eigenvalue weighted by Gasteiger charge is 2.40. The molecule has 0 bridgehead atoms. The summed E-state index contributed by atoms with van der Waals surface area (Å²) in [7, 11) is 0. The Bertz CT molecular complexity index is 4240. The minimum Gasteiger partial charge on any atom is -0.309 e. The molecule has 0 spiro atoms. The van der Waals surface area contributed by atoms with Crippen molar-refractivity contribution >= 4 is 49.6 Å². The van der Waals surface area contributed by atoms with E-state index < -0.39 is 0 Å². The van der Waals surface area contributed by atoms with E-state index in [1.807, 2.05) is 0 Å². The van der Waals surface area contributed by atoms with E-state index in [0.29, 0.717) is 0 Å². The zero-order valence-electron chi connectivity index (χ0n) is 41.0. The van der Waals surface area contributed by atoms with Crippen LogP contribution >= 0.6 is 0 Å². The summed E-state index contributed by atoms with van der Waals surface area (Å²) in [6.07, 6.45) is 0. The lowest BCUT2D eigenvalue weighted by Crippen LogP contribution is -2.22. The molecule has 2 heteroatoms. The molecule has 13 aromatic rings. The van der Waals surface area contributed by atoms with E-state index in [0.717, 1.165) is 39.4 Å². The van der Waals surface area contributed by atoms with Crippen LogP contribution in [0.5, 0.6) is 0 Å². The lowest BCUT2D eigenvalue weighted by Gasteiger charge is -2.30. The number of benzene rings is 12. The molecule has 0 saturated heterocycles. The quantitative estimate of drug-likeness (QED) is 0.140. The van der Waals surface area contributed by atoms with Crippen molar-refractivity contribution in [2.45, 2.75) is 12.3 Å². The van der Waals surface area contributed by atoms with Gasteiger partial charge in [0.2, 0.25) is 0 Å². The Kier molecular flexibility index (Phi) is 10.3. The van der Waals surface area contributed by atoms with Crippen LogP contribution in [0.15, 0.2) is 285 Å². The van der Waals surface area contributed by atoms with Gasteiger partial charge in [-0.3, -0.25) is 0 Å². The fraction of sp³-hybridized carbons (Fsp3) is 0.0278. The summed E-state index contributed by atoms with van der Waals surface area (Å²) in [5.74, 6) is 0. The van der Waals surface area contributed by atoms with Gasteiger partial charge in [0.1, 0.15) is 0 Å². The van der Waals surface area contributed by atoms with E-state index in [9.17, 15) is 0 Å². The first-order valence-electron chi connectivity index (χ1n) is 25.7. The summed E-state index contributed by atoms with van der Waals surface area (Å²) in [5, 5.41) is 4.89. The number of nitrogens with zero attached hydrogens (tertiary/aromatic N) is 2. The maximum atomic E-state index is 2.50. The Labute approximate surface area is 432 Å². The second kappa shape index (κ2) is 17.7. The predicted molar refractivity (Wildman–Crippen MR) is 312 cm³/mol. The number of hydrogen-bond donors (Lipinski definition) is 0. The Morgan fingerprint density at radius 3 is 1.61 bits per heavy atom. The van der Waals surface area contributed by atoms with E-state index in [1.54, 1.807) is 0 Å². The Balaban J connectivity index is 0.986. The Hall–Kier alpha value is -9.50. The first kappa shape index (κ1) is 43.3. The lowest BCUT2D eigenvalue weighted by atomic mass is 9.74. The summed E-state index contributed by atoms with van der Waals surface area (Å²) in [4.78, 5) is 2.50. The third-order valence-corrected chi connectivity index (χ3v) is 15.7. The highest BCUT2D eigenvalue weighted by molar-refractivity contribution is 6.15. The van der Waals surface area contributed by atoms with Crippen LogP contribution in [0.4, 0.5) is 17.1 Å². The van der Waals surface area contributed by atoms with Crippen molar-refractivity contribution in [3.05, 3.63) is 302 Å². The smallest absolute Gasteiger partial charge is 0.0620 e. The molecule has 1 unspecified atom stereocenters. The molecule has 12 aromatic carbocycles. The monoisotopic (exact) mass is 942 g/mol. The lowest BCUT2D eigenvalue weighted by molar-refractivity contribution is 0.714. The minimum atomic E-state index is -0.287. The minimum absolute atomic E-state index is 0.287. The fourth-order valence-electron chi connectivity index (χ4n) is 12.3. The third kappa shape index (κ3) is 6.87. The molecule has 1 aromatic heterocycles. The molecular weight excluding hydrogens is 893 g/mol. The van der Waals surface area contributed by atoms with Gasteiger partial charge < -0.3 is 9.47 Å². The SMILES string of the molecule is CC1(c2ccccc2)c2ccccc2-c2ccc(-c3ccc(N(c4ccccc4-c4cccc5cccc(-c6ccccc6)c45)c4ccccc4-c4cccc5c6ccccc6n(-c6ccccc6)c45)cc3)cc21. The average molecular weight is 943 g/mol. The van der Waals surface area contributed by atoms with Crippen molar-refractivity contribution in [2.24, 2.45) is 0 Å². The molecular formula is C72H50N2. The van der Waals surface area contributed by atoms with Gasteiger partial charge in [-0.2, -0.15) is 0 Å². The van der Waals surface area contributed by atoms with Gasteiger partial charge in [-0.05, 0) is 122 Å². The molecule has 1 atom stereocenters. The molecule has 0 fully saturated rings. The van der Waals surface area contributed by atoms with E-state index in [2.05, 4.69) is 302 Å². The summed E-state index contributed by atoms with van der Waals surface area (Å²) in [6.45, 7) is 2.39. The third-order valence-electron chi connectivity index (χ3n) is 15.7. The normalized spacial score (nSPS) is 13.8. The fourth-order valence-corrected chi connectivity index (χ4v) is 12.3. The van der Waals surface area contributed by atoms with Crippen molar-refractivity contribution in [1.82, 2.24) is 4.57 Å². The number of hydrogen-bond acceptors (Lipinski definition) is 1. The largest absolute Gasteiger partial charge is 0.309 e. The molecule has 0 amide bonds. The molecule has 14 rings (SSSR count). The molecule has 1 heterocycles. The van der Waals surface area contributed by atoms with Crippen LogP contribution in [0.1, 0.15) is 23.6 Å². The Morgan fingerprint density at radius 2 is 0.865 bits per heavy atom. The van der Waals surface area contributed by atoms with Crippen LogP contribution < -0.4 is 4.90 Å². The standard InChI is InChI=1S/C72H50N2/c1-72(53-26-7-3-8-27-53)65-38-15-11-30-57(65)58-47-44-52(48-66(58)72)49-42-45-55(46-43-49)73(67-39-16-12-31-59(67)62-35-20-25-51-24-19-34-56(70(51)62)50-22-5-2-6-23-50)68-40-17-13-32-60(68)63-36-21-37-64-61-33-14-18-41-69(61)74(71(63)64)54-28-9-4-10-29-54/h2-48H,1H3. The molecule has 0 aliphatic heterocycles. The van der Waals surface area contributed by atoms with E-state index in [1.165, 1.54) is 88.2 Å². The predicted octanol–water partition coefficient (Wildman–Crippen LogP) is 19.4. The van der Waals surface area contributed by atoms with Crippen LogP contribution in [-0.4, -0.2) is 4.57 Å². The zero-order chi connectivity index (χ0) is 49.2. The molecule has 348 valence electrons. The van der Waals surface area contributed by atoms with Crippen molar-refractivity contribution < 1.29 is 0 Å². The van der Waals surface area contributed by atoms with Crippen LogP contribution in [0.3, 0.4) is 0 Å². The number of para-hydroxylation sites is 5. The van der Waals surface area contributed by atoms with Gasteiger partial charge in [-0.1, -0.05) is 237 Å². The van der Waals surface area contributed by atoms with Crippen LogP contribution in [0, 0.1) is 0 Å². The van der Waals surface area contributed by atoms with Gasteiger partial charge in [0.05, 0.1) is 22.4 Å². The van der Waals surface area contributed by atoms with Crippen LogP contribution in [0.2, 0.25) is 0 Å². The molecule has 0 radical (unpaired) electrons. The van der Waals surface area contributed by atoms with Gasteiger partial charge in [0, 0.05) is 44.3 Å².